The van der Waals surface area contributed by atoms with E-state index in [2.05, 4.69) is 5.32 Å². The molecule has 2 fully saturated rings. The van der Waals surface area contributed by atoms with E-state index in [0.29, 0.717) is 19.1 Å². The molecule has 2 rings (SSSR count). The average Bonchev–Trinajstić information content (AvgIpc) is 2.44. The number of carbonyl (C=O) groups excluding carboxylic acids is 2. The first kappa shape index (κ1) is 15.1. The van der Waals surface area contributed by atoms with Crippen LogP contribution in [0.2, 0.25) is 0 Å². The number of likely N-dealkylation sites (tertiary alicyclic amines) is 1. The molecule has 1 N–H and O–H groups in total. The predicted octanol–water partition coefficient (Wildman–Crippen LogP) is 1.15. The van der Waals surface area contributed by atoms with Crippen molar-refractivity contribution in [1.82, 2.24) is 10.2 Å². The SMILES string of the molecule is COC(=O)C(OC)C1CCN(C(=O)NC2CCC2)CC1. The Hall–Kier alpha value is -1.30. The number of rotatable bonds is 4. The summed E-state index contributed by atoms with van der Waals surface area (Å²) in [6, 6.07) is 0.391. The number of urea groups is 1. The molecular weight excluding hydrogens is 260 g/mol. The van der Waals surface area contributed by atoms with Crippen LogP contribution in [-0.2, 0) is 14.3 Å². The summed E-state index contributed by atoms with van der Waals surface area (Å²) in [7, 11) is 2.90. The maximum atomic E-state index is 12.0. The second-order valence-electron chi connectivity index (χ2n) is 5.58. The van der Waals surface area contributed by atoms with Crippen molar-refractivity contribution in [2.75, 3.05) is 27.3 Å². The number of nitrogens with zero attached hydrogens (tertiary/aromatic N) is 1. The lowest BCUT2D eigenvalue weighted by Gasteiger charge is -2.36. The smallest absolute Gasteiger partial charge is 0.335 e. The Balaban J connectivity index is 1.78. The van der Waals surface area contributed by atoms with Crippen LogP contribution in [0.1, 0.15) is 32.1 Å². The number of carbonyl (C=O) groups is 2. The Morgan fingerprint density at radius 3 is 2.25 bits per heavy atom. The Morgan fingerprint density at radius 1 is 1.15 bits per heavy atom. The van der Waals surface area contributed by atoms with Gasteiger partial charge in [-0.2, -0.15) is 0 Å². The minimum absolute atomic E-state index is 0.0279. The van der Waals surface area contributed by atoms with Gasteiger partial charge in [0.1, 0.15) is 0 Å². The van der Waals surface area contributed by atoms with E-state index in [-0.39, 0.29) is 17.9 Å². The highest BCUT2D eigenvalue weighted by atomic mass is 16.6. The van der Waals surface area contributed by atoms with Gasteiger partial charge < -0.3 is 19.7 Å². The van der Waals surface area contributed by atoms with Crippen molar-refractivity contribution in [3.63, 3.8) is 0 Å². The molecule has 0 aromatic carbocycles. The van der Waals surface area contributed by atoms with E-state index in [1.807, 2.05) is 4.90 Å². The molecule has 1 saturated heterocycles. The van der Waals surface area contributed by atoms with Gasteiger partial charge in [0.2, 0.25) is 0 Å². The van der Waals surface area contributed by atoms with E-state index in [9.17, 15) is 9.59 Å². The van der Waals surface area contributed by atoms with Gasteiger partial charge in [0, 0.05) is 26.2 Å². The molecule has 114 valence electrons. The molecule has 6 nitrogen and oxygen atoms in total. The van der Waals surface area contributed by atoms with E-state index in [4.69, 9.17) is 9.47 Å². The molecule has 0 bridgehead atoms. The quantitative estimate of drug-likeness (QED) is 0.786. The maximum Gasteiger partial charge on any atom is 0.335 e. The number of ether oxygens (including phenoxy) is 2. The van der Waals surface area contributed by atoms with Crippen LogP contribution in [-0.4, -0.2) is 56.4 Å². The van der Waals surface area contributed by atoms with Gasteiger partial charge in [-0.15, -0.1) is 0 Å². The number of nitrogens with one attached hydrogen (secondary N) is 1. The van der Waals surface area contributed by atoms with Crippen molar-refractivity contribution >= 4 is 12.0 Å². The van der Waals surface area contributed by atoms with E-state index < -0.39 is 6.10 Å². The van der Waals surface area contributed by atoms with Crippen LogP contribution >= 0.6 is 0 Å². The van der Waals surface area contributed by atoms with E-state index in [0.717, 1.165) is 25.7 Å². The minimum Gasteiger partial charge on any atom is -0.467 e. The predicted molar refractivity (Wildman–Crippen MR) is 73.3 cm³/mol. The number of hydrogen-bond acceptors (Lipinski definition) is 4. The monoisotopic (exact) mass is 284 g/mol. The Labute approximate surface area is 119 Å². The standard InChI is InChI=1S/C14H24N2O4/c1-19-12(13(17)20-2)10-6-8-16(9-7-10)14(18)15-11-4-3-5-11/h10-12H,3-9H2,1-2H3,(H,15,18). The third-order valence-corrected chi connectivity index (χ3v) is 4.38. The summed E-state index contributed by atoms with van der Waals surface area (Å²) in [6.07, 6.45) is 4.42. The number of methoxy groups -OCH3 is 2. The van der Waals surface area contributed by atoms with Crippen LogP contribution in [0.5, 0.6) is 0 Å². The summed E-state index contributed by atoms with van der Waals surface area (Å²) in [5, 5.41) is 3.04. The number of amides is 2. The van der Waals surface area contributed by atoms with Crippen LogP contribution in [0.3, 0.4) is 0 Å². The van der Waals surface area contributed by atoms with Crippen LogP contribution in [0, 0.1) is 5.92 Å². The average molecular weight is 284 g/mol. The third kappa shape index (κ3) is 3.42. The fraction of sp³-hybridized carbons (Fsp3) is 0.857. The number of esters is 1. The largest absolute Gasteiger partial charge is 0.467 e. The first-order valence-electron chi connectivity index (χ1n) is 7.31. The second-order valence-corrected chi connectivity index (χ2v) is 5.58. The lowest BCUT2D eigenvalue weighted by atomic mass is 9.91. The molecule has 6 heteroatoms. The molecule has 2 aliphatic rings. The van der Waals surface area contributed by atoms with Crippen molar-refractivity contribution in [2.24, 2.45) is 5.92 Å². The summed E-state index contributed by atoms with van der Waals surface area (Å²) in [5.74, 6) is -0.204. The zero-order chi connectivity index (χ0) is 14.5. The van der Waals surface area contributed by atoms with E-state index in [1.165, 1.54) is 20.6 Å². The lowest BCUT2D eigenvalue weighted by molar-refractivity contribution is -0.156. The molecule has 1 saturated carbocycles. The van der Waals surface area contributed by atoms with Gasteiger partial charge in [-0.3, -0.25) is 0 Å². The summed E-state index contributed by atoms with van der Waals surface area (Å²) >= 11 is 0. The van der Waals surface area contributed by atoms with Crippen molar-refractivity contribution in [3.8, 4) is 0 Å². The fourth-order valence-corrected chi connectivity index (χ4v) is 2.82. The van der Waals surface area contributed by atoms with Crippen LogP contribution in [0.4, 0.5) is 4.79 Å². The third-order valence-electron chi connectivity index (χ3n) is 4.38. The fourth-order valence-electron chi connectivity index (χ4n) is 2.82. The van der Waals surface area contributed by atoms with Crippen molar-refractivity contribution < 1.29 is 19.1 Å². The van der Waals surface area contributed by atoms with E-state index in [1.54, 1.807) is 0 Å². The number of hydrogen-bond donors (Lipinski definition) is 1. The molecule has 20 heavy (non-hydrogen) atoms. The molecule has 1 atom stereocenters. The molecule has 0 radical (unpaired) electrons. The summed E-state index contributed by atoms with van der Waals surface area (Å²) < 4.78 is 9.98. The van der Waals surface area contributed by atoms with Gasteiger partial charge in [0.15, 0.2) is 6.10 Å². The molecule has 1 unspecified atom stereocenters. The highest BCUT2D eigenvalue weighted by molar-refractivity contribution is 5.76. The van der Waals surface area contributed by atoms with Crippen LogP contribution in [0.25, 0.3) is 0 Å². The van der Waals surface area contributed by atoms with Gasteiger partial charge in [-0.25, -0.2) is 9.59 Å². The van der Waals surface area contributed by atoms with E-state index >= 15 is 0 Å². The molecule has 1 aliphatic heterocycles. The van der Waals surface area contributed by atoms with Crippen molar-refractivity contribution in [3.05, 3.63) is 0 Å². The van der Waals surface area contributed by atoms with Gasteiger partial charge in [0.05, 0.1) is 7.11 Å². The maximum absolute atomic E-state index is 12.0. The molecule has 0 aromatic heterocycles. The van der Waals surface area contributed by atoms with Gasteiger partial charge in [0.25, 0.3) is 0 Å². The summed E-state index contributed by atoms with van der Waals surface area (Å²) in [6.45, 7) is 1.33. The zero-order valence-corrected chi connectivity index (χ0v) is 12.3. The van der Waals surface area contributed by atoms with Crippen molar-refractivity contribution in [1.29, 1.82) is 0 Å². The molecule has 1 aliphatic carbocycles. The molecule has 0 spiro atoms. The summed E-state index contributed by atoms with van der Waals surface area (Å²) in [5.41, 5.74) is 0. The minimum atomic E-state index is -0.517. The molecule has 2 amide bonds. The summed E-state index contributed by atoms with van der Waals surface area (Å²) in [4.78, 5) is 25.5. The normalized spacial score (nSPS) is 22.0. The molecular formula is C14H24N2O4. The number of piperidine rings is 1. The Bertz CT molecular complexity index is 349. The lowest BCUT2D eigenvalue weighted by Crippen LogP contribution is -2.51. The van der Waals surface area contributed by atoms with Gasteiger partial charge in [-0.1, -0.05) is 0 Å². The highest BCUT2D eigenvalue weighted by Gasteiger charge is 2.34. The molecule has 1 heterocycles. The van der Waals surface area contributed by atoms with Gasteiger partial charge >= 0.3 is 12.0 Å². The van der Waals surface area contributed by atoms with Crippen LogP contribution < -0.4 is 5.32 Å². The van der Waals surface area contributed by atoms with Crippen LogP contribution in [0.15, 0.2) is 0 Å². The highest BCUT2D eigenvalue weighted by Crippen LogP contribution is 2.24. The Kier molecular flexibility index (Phi) is 5.23. The molecule has 0 aromatic rings. The zero-order valence-electron chi connectivity index (χ0n) is 12.3. The first-order valence-corrected chi connectivity index (χ1v) is 7.31. The van der Waals surface area contributed by atoms with Crippen molar-refractivity contribution in [2.45, 2.75) is 44.2 Å². The Morgan fingerprint density at radius 2 is 1.80 bits per heavy atom. The topological polar surface area (TPSA) is 67.9 Å². The second kappa shape index (κ2) is 6.92. The van der Waals surface area contributed by atoms with Gasteiger partial charge in [-0.05, 0) is 38.0 Å². The first-order chi connectivity index (χ1) is 9.65.